The smallest absolute Gasteiger partial charge is 0.338 e. The Labute approximate surface area is 210 Å². The minimum atomic E-state index is -0.422. The molecule has 0 spiro atoms. The van der Waals surface area contributed by atoms with Gasteiger partial charge in [-0.05, 0) is 66.9 Å². The molecule has 0 saturated heterocycles. The van der Waals surface area contributed by atoms with Crippen LogP contribution in [0.4, 0.5) is 5.69 Å². The van der Waals surface area contributed by atoms with Crippen molar-refractivity contribution in [2.75, 3.05) is 18.1 Å². The highest BCUT2D eigenvalue weighted by atomic mass is 35.5. The summed E-state index contributed by atoms with van der Waals surface area (Å²) in [5.74, 6) is 0.303. The van der Waals surface area contributed by atoms with Crippen LogP contribution in [0.25, 0.3) is 0 Å². The van der Waals surface area contributed by atoms with Crippen molar-refractivity contribution in [2.45, 2.75) is 33.2 Å². The summed E-state index contributed by atoms with van der Waals surface area (Å²) in [5.41, 5.74) is 2.79. The molecule has 0 aliphatic heterocycles. The Kier molecular flexibility index (Phi) is 8.97. The maximum absolute atomic E-state index is 13.3. The first kappa shape index (κ1) is 25.6. The van der Waals surface area contributed by atoms with E-state index in [9.17, 15) is 9.59 Å². The number of halogens is 2. The third-order valence-corrected chi connectivity index (χ3v) is 5.99. The lowest BCUT2D eigenvalue weighted by atomic mass is 10.0. The van der Waals surface area contributed by atoms with Crippen molar-refractivity contribution < 1.29 is 19.1 Å². The zero-order valence-electron chi connectivity index (χ0n) is 19.4. The highest BCUT2D eigenvalue weighted by molar-refractivity contribution is 6.36. The quantitative estimate of drug-likeness (QED) is 0.300. The van der Waals surface area contributed by atoms with Crippen molar-refractivity contribution in [3.05, 3.63) is 93.5 Å². The van der Waals surface area contributed by atoms with Crippen LogP contribution in [0.1, 0.15) is 48.2 Å². The minimum Gasteiger partial charge on any atom is -0.484 e. The molecule has 0 aliphatic rings. The van der Waals surface area contributed by atoms with Gasteiger partial charge in [0.05, 0.1) is 18.7 Å². The molecule has 0 radical (unpaired) electrons. The molecule has 1 amide bonds. The Bertz CT molecular complexity index is 1110. The van der Waals surface area contributed by atoms with Gasteiger partial charge in [-0.3, -0.25) is 4.79 Å². The molecule has 34 heavy (non-hydrogen) atoms. The number of anilines is 1. The average Bonchev–Trinajstić information content (AvgIpc) is 2.83. The summed E-state index contributed by atoms with van der Waals surface area (Å²) in [5, 5.41) is 0.914. The van der Waals surface area contributed by atoms with E-state index < -0.39 is 5.97 Å². The van der Waals surface area contributed by atoms with E-state index in [1.165, 1.54) is 10.5 Å². The van der Waals surface area contributed by atoms with E-state index in [1.807, 2.05) is 24.3 Å². The van der Waals surface area contributed by atoms with Gasteiger partial charge in [0.1, 0.15) is 5.75 Å². The summed E-state index contributed by atoms with van der Waals surface area (Å²) in [7, 11) is 0. The third kappa shape index (κ3) is 6.52. The van der Waals surface area contributed by atoms with Gasteiger partial charge in [0.2, 0.25) is 0 Å². The number of ether oxygens (including phenoxy) is 2. The van der Waals surface area contributed by atoms with Gasteiger partial charge < -0.3 is 14.4 Å². The van der Waals surface area contributed by atoms with Crippen LogP contribution < -0.4 is 9.64 Å². The van der Waals surface area contributed by atoms with Crippen molar-refractivity contribution >= 4 is 40.8 Å². The number of hydrogen-bond donors (Lipinski definition) is 0. The average molecular weight is 500 g/mol. The summed E-state index contributed by atoms with van der Waals surface area (Å²) in [6.07, 6.45) is 0. The number of carbonyl (C=O) groups is 2. The zero-order chi connectivity index (χ0) is 24.7. The number of rotatable bonds is 9. The second-order valence-corrected chi connectivity index (χ2v) is 8.77. The third-order valence-electron chi connectivity index (χ3n) is 5.28. The molecule has 0 bridgehead atoms. The first-order chi connectivity index (χ1) is 16.3. The molecule has 0 heterocycles. The summed E-state index contributed by atoms with van der Waals surface area (Å²) in [6, 6.07) is 19.5. The van der Waals surface area contributed by atoms with Gasteiger partial charge in [0, 0.05) is 21.3 Å². The van der Waals surface area contributed by atoms with Crippen molar-refractivity contribution in [3.8, 4) is 5.75 Å². The number of nitrogens with zero attached hydrogens (tertiary/aromatic N) is 1. The predicted octanol–water partition coefficient (Wildman–Crippen LogP) is 6.91. The Morgan fingerprint density at radius 2 is 1.53 bits per heavy atom. The van der Waals surface area contributed by atoms with E-state index in [0.717, 1.165) is 0 Å². The molecule has 0 saturated carbocycles. The second kappa shape index (κ2) is 11.9. The van der Waals surface area contributed by atoms with Gasteiger partial charge in [-0.2, -0.15) is 0 Å². The fourth-order valence-electron chi connectivity index (χ4n) is 3.33. The number of carbonyl (C=O) groups excluding carboxylic acids is 2. The molecule has 7 heteroatoms. The van der Waals surface area contributed by atoms with Gasteiger partial charge >= 0.3 is 5.97 Å². The van der Waals surface area contributed by atoms with Crippen LogP contribution in [-0.2, 0) is 16.1 Å². The van der Waals surface area contributed by atoms with Gasteiger partial charge in [0.15, 0.2) is 6.61 Å². The lowest BCUT2D eigenvalue weighted by molar-refractivity contribution is -0.120. The van der Waals surface area contributed by atoms with Crippen LogP contribution in [0.2, 0.25) is 10.0 Å². The molecule has 5 nitrogen and oxygen atoms in total. The lowest BCUT2D eigenvalue weighted by Crippen LogP contribution is -2.34. The number of esters is 1. The molecule has 0 fully saturated rings. The Morgan fingerprint density at radius 3 is 2.09 bits per heavy atom. The summed E-state index contributed by atoms with van der Waals surface area (Å²) in [6.45, 7) is 6.23. The Balaban J connectivity index is 1.83. The molecule has 3 rings (SSSR count). The van der Waals surface area contributed by atoms with Crippen molar-refractivity contribution in [1.82, 2.24) is 0 Å². The van der Waals surface area contributed by atoms with E-state index in [-0.39, 0.29) is 25.7 Å². The maximum atomic E-state index is 13.3. The van der Waals surface area contributed by atoms with Gasteiger partial charge in [-0.25, -0.2) is 4.79 Å². The van der Waals surface area contributed by atoms with Gasteiger partial charge in [-0.1, -0.05) is 55.2 Å². The molecule has 0 N–H and O–H groups in total. The highest BCUT2D eigenvalue weighted by Gasteiger charge is 2.20. The second-order valence-electron chi connectivity index (χ2n) is 7.96. The van der Waals surface area contributed by atoms with Crippen LogP contribution in [-0.4, -0.2) is 25.1 Å². The van der Waals surface area contributed by atoms with Crippen molar-refractivity contribution in [2.24, 2.45) is 0 Å². The molecule has 3 aromatic rings. The van der Waals surface area contributed by atoms with Crippen LogP contribution in [0.3, 0.4) is 0 Å². The largest absolute Gasteiger partial charge is 0.484 e. The van der Waals surface area contributed by atoms with Crippen molar-refractivity contribution in [3.63, 3.8) is 0 Å². The summed E-state index contributed by atoms with van der Waals surface area (Å²) >= 11 is 12.7. The number of hydrogen-bond acceptors (Lipinski definition) is 4. The van der Waals surface area contributed by atoms with Gasteiger partial charge in [0.25, 0.3) is 5.91 Å². The topological polar surface area (TPSA) is 55.8 Å². The predicted molar refractivity (Wildman–Crippen MR) is 136 cm³/mol. The highest BCUT2D eigenvalue weighted by Crippen LogP contribution is 2.28. The van der Waals surface area contributed by atoms with Crippen LogP contribution in [0.5, 0.6) is 5.75 Å². The van der Waals surface area contributed by atoms with E-state index in [4.69, 9.17) is 32.7 Å². The molecular formula is C27H27Cl2NO4. The molecule has 3 aromatic carbocycles. The summed E-state index contributed by atoms with van der Waals surface area (Å²) in [4.78, 5) is 26.8. The molecule has 0 unspecified atom stereocenters. The minimum absolute atomic E-state index is 0.145. The lowest BCUT2D eigenvalue weighted by Gasteiger charge is -2.24. The first-order valence-corrected chi connectivity index (χ1v) is 11.8. The van der Waals surface area contributed by atoms with Crippen LogP contribution in [0, 0.1) is 0 Å². The Hall–Kier alpha value is -3.02. The first-order valence-electron chi connectivity index (χ1n) is 11.0. The van der Waals surface area contributed by atoms with Crippen LogP contribution >= 0.6 is 23.2 Å². The zero-order valence-corrected chi connectivity index (χ0v) is 20.9. The standard InChI is InChI=1S/C27H27Cl2NO4/c1-4-33-27(32)20-8-12-21(13-9-20)30(16-23-24(28)6-5-7-25(23)29)26(31)17-34-22-14-10-19(11-15-22)18(2)3/h5-15,18H,4,16-17H2,1-3H3. The maximum Gasteiger partial charge on any atom is 0.338 e. The molecular weight excluding hydrogens is 473 g/mol. The molecule has 0 aromatic heterocycles. The van der Waals surface area contributed by atoms with Crippen molar-refractivity contribution in [1.29, 1.82) is 0 Å². The van der Waals surface area contributed by atoms with E-state index in [0.29, 0.717) is 38.5 Å². The summed E-state index contributed by atoms with van der Waals surface area (Å²) < 4.78 is 10.8. The van der Waals surface area contributed by atoms with Crippen LogP contribution in [0.15, 0.2) is 66.7 Å². The number of benzene rings is 3. The SMILES string of the molecule is CCOC(=O)c1ccc(N(Cc2c(Cl)cccc2Cl)C(=O)COc2ccc(C(C)C)cc2)cc1. The molecule has 0 atom stereocenters. The normalized spacial score (nSPS) is 10.8. The van der Waals surface area contributed by atoms with E-state index in [1.54, 1.807) is 49.4 Å². The molecule has 0 aliphatic carbocycles. The van der Waals surface area contributed by atoms with Gasteiger partial charge in [-0.15, -0.1) is 0 Å². The fourth-order valence-corrected chi connectivity index (χ4v) is 3.85. The Morgan fingerprint density at radius 1 is 0.912 bits per heavy atom. The van der Waals surface area contributed by atoms with E-state index >= 15 is 0 Å². The van der Waals surface area contributed by atoms with E-state index in [2.05, 4.69) is 13.8 Å². The molecule has 178 valence electrons. The number of amides is 1. The fraction of sp³-hybridized carbons (Fsp3) is 0.259. The monoisotopic (exact) mass is 499 g/mol.